The van der Waals surface area contributed by atoms with Crippen LogP contribution < -0.4 is 5.73 Å². The summed E-state index contributed by atoms with van der Waals surface area (Å²) in [6, 6.07) is 12.6. The van der Waals surface area contributed by atoms with Gasteiger partial charge in [-0.25, -0.2) is 0 Å². The van der Waals surface area contributed by atoms with Crippen LogP contribution in [0.4, 0.5) is 0 Å². The molecule has 0 aliphatic heterocycles. The van der Waals surface area contributed by atoms with Crippen LogP contribution in [0.2, 0.25) is 0 Å². The molecular weight excluding hydrogens is 236 g/mol. The zero-order valence-corrected chi connectivity index (χ0v) is 11.7. The van der Waals surface area contributed by atoms with Crippen molar-refractivity contribution in [2.45, 2.75) is 25.9 Å². The van der Waals surface area contributed by atoms with Crippen LogP contribution >= 0.6 is 0 Å². The SMILES string of the molecule is CC(CN)c1ccc(CN(C)Cc2ccco2)cc1. The van der Waals surface area contributed by atoms with Crippen molar-refractivity contribution in [3.8, 4) is 0 Å². The van der Waals surface area contributed by atoms with E-state index in [4.69, 9.17) is 10.2 Å². The minimum absolute atomic E-state index is 0.426. The van der Waals surface area contributed by atoms with Gasteiger partial charge in [-0.05, 0) is 42.8 Å². The quantitative estimate of drug-likeness (QED) is 0.866. The van der Waals surface area contributed by atoms with E-state index in [-0.39, 0.29) is 0 Å². The standard InChI is InChI=1S/C16H22N2O/c1-13(10-17)15-7-5-14(6-8-15)11-18(2)12-16-4-3-9-19-16/h3-9,13H,10-12,17H2,1-2H3. The fourth-order valence-corrected chi connectivity index (χ4v) is 2.12. The zero-order valence-electron chi connectivity index (χ0n) is 11.7. The number of hydrogen-bond acceptors (Lipinski definition) is 3. The van der Waals surface area contributed by atoms with E-state index in [1.807, 2.05) is 12.1 Å². The van der Waals surface area contributed by atoms with E-state index >= 15 is 0 Å². The summed E-state index contributed by atoms with van der Waals surface area (Å²) in [5.74, 6) is 1.42. The van der Waals surface area contributed by atoms with Gasteiger partial charge in [-0.3, -0.25) is 4.90 Å². The number of nitrogens with two attached hydrogens (primary N) is 1. The summed E-state index contributed by atoms with van der Waals surface area (Å²) in [5.41, 5.74) is 8.29. The molecule has 0 amide bonds. The second-order valence-corrected chi connectivity index (χ2v) is 5.13. The van der Waals surface area contributed by atoms with Crippen molar-refractivity contribution >= 4 is 0 Å². The molecule has 0 spiro atoms. The third-order valence-corrected chi connectivity index (χ3v) is 3.36. The number of benzene rings is 1. The van der Waals surface area contributed by atoms with Gasteiger partial charge in [0.05, 0.1) is 12.8 Å². The van der Waals surface area contributed by atoms with Crippen molar-refractivity contribution in [2.24, 2.45) is 5.73 Å². The second-order valence-electron chi connectivity index (χ2n) is 5.13. The Bertz CT molecular complexity index is 476. The molecule has 2 N–H and O–H groups in total. The van der Waals surface area contributed by atoms with E-state index in [9.17, 15) is 0 Å². The van der Waals surface area contributed by atoms with Gasteiger partial charge in [0.1, 0.15) is 5.76 Å². The average Bonchev–Trinajstić information content (AvgIpc) is 2.91. The number of rotatable bonds is 6. The van der Waals surface area contributed by atoms with Crippen molar-refractivity contribution in [1.82, 2.24) is 4.90 Å². The summed E-state index contributed by atoms with van der Waals surface area (Å²) < 4.78 is 5.35. The summed E-state index contributed by atoms with van der Waals surface area (Å²) in [5, 5.41) is 0. The zero-order chi connectivity index (χ0) is 13.7. The van der Waals surface area contributed by atoms with Crippen LogP contribution in [0.5, 0.6) is 0 Å². The van der Waals surface area contributed by atoms with Crippen molar-refractivity contribution in [2.75, 3.05) is 13.6 Å². The maximum absolute atomic E-state index is 5.68. The number of furan rings is 1. The lowest BCUT2D eigenvalue weighted by Crippen LogP contribution is -2.17. The molecule has 0 aliphatic carbocycles. The molecule has 0 fully saturated rings. The van der Waals surface area contributed by atoms with Gasteiger partial charge in [0, 0.05) is 6.54 Å². The normalized spacial score (nSPS) is 12.8. The third-order valence-electron chi connectivity index (χ3n) is 3.36. The molecule has 2 rings (SSSR count). The predicted molar refractivity (Wildman–Crippen MR) is 77.8 cm³/mol. The summed E-state index contributed by atoms with van der Waals surface area (Å²) in [6.45, 7) is 4.59. The van der Waals surface area contributed by atoms with E-state index in [1.54, 1.807) is 6.26 Å². The Labute approximate surface area is 115 Å². The van der Waals surface area contributed by atoms with E-state index in [2.05, 4.69) is 43.1 Å². The fraction of sp³-hybridized carbons (Fsp3) is 0.375. The monoisotopic (exact) mass is 258 g/mol. The van der Waals surface area contributed by atoms with E-state index in [1.165, 1.54) is 11.1 Å². The molecule has 0 bridgehead atoms. The topological polar surface area (TPSA) is 42.4 Å². The summed E-state index contributed by atoms with van der Waals surface area (Å²) in [7, 11) is 2.10. The Morgan fingerprint density at radius 2 is 1.89 bits per heavy atom. The van der Waals surface area contributed by atoms with Crippen LogP contribution in [0.15, 0.2) is 47.1 Å². The molecule has 0 radical (unpaired) electrons. The highest BCUT2D eigenvalue weighted by Gasteiger charge is 2.05. The van der Waals surface area contributed by atoms with Gasteiger partial charge in [0.25, 0.3) is 0 Å². The highest BCUT2D eigenvalue weighted by Crippen LogP contribution is 2.15. The highest BCUT2D eigenvalue weighted by atomic mass is 16.3. The summed E-state index contributed by atoms with van der Waals surface area (Å²) in [4.78, 5) is 2.24. The average molecular weight is 258 g/mol. The second kappa shape index (κ2) is 6.55. The Morgan fingerprint density at radius 3 is 2.47 bits per heavy atom. The maximum Gasteiger partial charge on any atom is 0.117 e. The van der Waals surface area contributed by atoms with Crippen LogP contribution in [0, 0.1) is 0 Å². The fourth-order valence-electron chi connectivity index (χ4n) is 2.12. The minimum Gasteiger partial charge on any atom is -0.468 e. The van der Waals surface area contributed by atoms with Gasteiger partial charge >= 0.3 is 0 Å². The lowest BCUT2D eigenvalue weighted by molar-refractivity contribution is 0.288. The molecule has 3 nitrogen and oxygen atoms in total. The van der Waals surface area contributed by atoms with Crippen LogP contribution in [-0.4, -0.2) is 18.5 Å². The highest BCUT2D eigenvalue weighted by molar-refractivity contribution is 5.25. The molecule has 19 heavy (non-hydrogen) atoms. The van der Waals surface area contributed by atoms with Crippen molar-refractivity contribution in [3.05, 3.63) is 59.5 Å². The molecular formula is C16H22N2O. The summed E-state index contributed by atoms with van der Waals surface area (Å²) in [6.07, 6.45) is 1.71. The van der Waals surface area contributed by atoms with Crippen molar-refractivity contribution in [1.29, 1.82) is 0 Å². The van der Waals surface area contributed by atoms with Crippen LogP contribution in [0.3, 0.4) is 0 Å². The molecule has 1 atom stereocenters. The molecule has 1 aromatic heterocycles. The lowest BCUT2D eigenvalue weighted by Gasteiger charge is -2.16. The lowest BCUT2D eigenvalue weighted by atomic mass is 10.00. The first-order valence-corrected chi connectivity index (χ1v) is 6.69. The molecule has 3 heteroatoms. The van der Waals surface area contributed by atoms with Crippen LogP contribution in [-0.2, 0) is 13.1 Å². The van der Waals surface area contributed by atoms with E-state index < -0.39 is 0 Å². The van der Waals surface area contributed by atoms with Gasteiger partial charge in [-0.1, -0.05) is 31.2 Å². The van der Waals surface area contributed by atoms with Gasteiger partial charge in [0.15, 0.2) is 0 Å². The van der Waals surface area contributed by atoms with Crippen LogP contribution in [0.25, 0.3) is 0 Å². The number of nitrogens with zero attached hydrogens (tertiary/aromatic N) is 1. The maximum atomic E-state index is 5.68. The van der Waals surface area contributed by atoms with Gasteiger partial charge in [-0.15, -0.1) is 0 Å². The predicted octanol–water partition coefficient (Wildman–Crippen LogP) is 2.97. The molecule has 1 unspecified atom stereocenters. The summed E-state index contributed by atoms with van der Waals surface area (Å²) >= 11 is 0. The molecule has 0 aliphatic rings. The Balaban J connectivity index is 1.92. The van der Waals surface area contributed by atoms with Gasteiger partial charge in [-0.2, -0.15) is 0 Å². The third kappa shape index (κ3) is 3.94. The molecule has 1 aromatic carbocycles. The minimum atomic E-state index is 0.426. The van der Waals surface area contributed by atoms with Gasteiger partial charge in [0.2, 0.25) is 0 Å². The van der Waals surface area contributed by atoms with Crippen LogP contribution in [0.1, 0.15) is 29.7 Å². The Hall–Kier alpha value is -1.58. The molecule has 0 saturated carbocycles. The first kappa shape index (κ1) is 13.8. The number of hydrogen-bond donors (Lipinski definition) is 1. The van der Waals surface area contributed by atoms with Gasteiger partial charge < -0.3 is 10.2 Å². The van der Waals surface area contributed by atoms with Crippen molar-refractivity contribution < 1.29 is 4.42 Å². The van der Waals surface area contributed by atoms with Crippen molar-refractivity contribution in [3.63, 3.8) is 0 Å². The molecule has 1 heterocycles. The van der Waals surface area contributed by atoms with E-state index in [0.29, 0.717) is 12.5 Å². The largest absolute Gasteiger partial charge is 0.468 e. The molecule has 2 aromatic rings. The smallest absolute Gasteiger partial charge is 0.117 e. The van der Waals surface area contributed by atoms with E-state index in [0.717, 1.165) is 18.8 Å². The first-order valence-electron chi connectivity index (χ1n) is 6.69. The Morgan fingerprint density at radius 1 is 1.16 bits per heavy atom. The molecule has 102 valence electrons. The molecule has 0 saturated heterocycles. The first-order chi connectivity index (χ1) is 9.19. The Kier molecular flexibility index (Phi) is 4.77.